The summed E-state index contributed by atoms with van der Waals surface area (Å²) < 4.78 is 0. The molecule has 0 bridgehead atoms. The van der Waals surface area contributed by atoms with Crippen molar-refractivity contribution < 1.29 is 14.4 Å². The van der Waals surface area contributed by atoms with Gasteiger partial charge in [-0.2, -0.15) is 0 Å². The maximum atomic E-state index is 11.9. The van der Waals surface area contributed by atoms with Gasteiger partial charge in [0.2, 0.25) is 0 Å². The first-order valence-corrected chi connectivity index (χ1v) is 6.43. The lowest BCUT2D eigenvalue weighted by molar-refractivity contribution is -0.145. The summed E-state index contributed by atoms with van der Waals surface area (Å²) in [5.74, 6) is -0.520. The number of carbonyl (C=O) groups is 2. The van der Waals surface area contributed by atoms with Gasteiger partial charge in [0.25, 0.3) is 11.8 Å². The Morgan fingerprint density at radius 2 is 2.11 bits per heavy atom. The number of nitrogens with zero attached hydrogens (tertiary/aromatic N) is 1. The van der Waals surface area contributed by atoms with Crippen LogP contribution in [0, 0.1) is 0 Å². The summed E-state index contributed by atoms with van der Waals surface area (Å²) in [7, 11) is 1.58. The van der Waals surface area contributed by atoms with Gasteiger partial charge in [0.1, 0.15) is 6.54 Å². The van der Waals surface area contributed by atoms with Crippen molar-refractivity contribution in [2.24, 2.45) is 0 Å². The zero-order chi connectivity index (χ0) is 13.8. The predicted octanol–water partition coefficient (Wildman–Crippen LogP) is 1.67. The van der Waals surface area contributed by atoms with Gasteiger partial charge >= 0.3 is 0 Å². The Bertz CT molecular complexity index is 409. The number of thiophene rings is 1. The molecular weight excluding hydrogens is 252 g/mol. The van der Waals surface area contributed by atoms with Gasteiger partial charge in [0, 0.05) is 7.05 Å². The highest BCUT2D eigenvalue weighted by Gasteiger charge is 2.17. The van der Waals surface area contributed by atoms with Gasteiger partial charge in [-0.15, -0.1) is 11.3 Å². The summed E-state index contributed by atoms with van der Waals surface area (Å²) >= 11 is 1.35. The molecule has 0 aliphatic carbocycles. The number of hydrogen-bond acceptors (Lipinski definition) is 4. The van der Waals surface area contributed by atoms with E-state index < -0.39 is 5.60 Å². The Hall–Kier alpha value is -1.40. The highest BCUT2D eigenvalue weighted by Crippen LogP contribution is 2.10. The van der Waals surface area contributed by atoms with E-state index in [-0.39, 0.29) is 18.4 Å². The lowest BCUT2D eigenvalue weighted by atomic mass is 10.2. The van der Waals surface area contributed by atoms with Crippen LogP contribution in [0.4, 0.5) is 0 Å². The van der Waals surface area contributed by atoms with Crippen LogP contribution in [0.15, 0.2) is 17.5 Å². The molecule has 0 atom stereocenters. The third-order valence-electron chi connectivity index (χ3n) is 1.93. The van der Waals surface area contributed by atoms with Gasteiger partial charge < -0.3 is 4.90 Å². The average Bonchev–Trinajstić information content (AvgIpc) is 2.77. The smallest absolute Gasteiger partial charge is 0.264 e. The van der Waals surface area contributed by atoms with Crippen LogP contribution in [0.3, 0.4) is 0 Å². The first-order valence-electron chi connectivity index (χ1n) is 5.55. The molecule has 5 nitrogen and oxygen atoms in total. The van der Waals surface area contributed by atoms with Gasteiger partial charge in [-0.05, 0) is 32.2 Å². The van der Waals surface area contributed by atoms with Gasteiger partial charge in [0.05, 0.1) is 10.5 Å². The van der Waals surface area contributed by atoms with Gasteiger partial charge in [-0.25, -0.2) is 5.48 Å². The topological polar surface area (TPSA) is 58.6 Å². The van der Waals surface area contributed by atoms with Crippen LogP contribution in [0.1, 0.15) is 30.4 Å². The maximum Gasteiger partial charge on any atom is 0.264 e. The Kier molecular flexibility index (Phi) is 4.86. The number of hydrogen-bond donors (Lipinski definition) is 1. The maximum absolute atomic E-state index is 11.9. The normalized spacial score (nSPS) is 11.1. The van der Waals surface area contributed by atoms with E-state index in [1.54, 1.807) is 19.2 Å². The van der Waals surface area contributed by atoms with Crippen molar-refractivity contribution in [3.63, 3.8) is 0 Å². The fourth-order valence-electron chi connectivity index (χ4n) is 1.12. The van der Waals surface area contributed by atoms with E-state index in [9.17, 15) is 9.59 Å². The molecular formula is C12H18N2O3S. The zero-order valence-corrected chi connectivity index (χ0v) is 11.8. The van der Waals surface area contributed by atoms with Crippen molar-refractivity contribution in [2.75, 3.05) is 13.6 Å². The van der Waals surface area contributed by atoms with Gasteiger partial charge in [0.15, 0.2) is 0 Å². The Labute approximate surface area is 111 Å². The van der Waals surface area contributed by atoms with Crippen LogP contribution < -0.4 is 5.48 Å². The summed E-state index contributed by atoms with van der Waals surface area (Å²) in [6, 6.07) is 3.53. The molecule has 1 aromatic rings. The van der Waals surface area contributed by atoms with Crippen molar-refractivity contribution in [3.8, 4) is 0 Å². The molecule has 1 rings (SSSR count). The van der Waals surface area contributed by atoms with E-state index >= 15 is 0 Å². The fraction of sp³-hybridized carbons (Fsp3) is 0.500. The molecule has 0 saturated carbocycles. The lowest BCUT2D eigenvalue weighted by Gasteiger charge is -2.21. The van der Waals surface area contributed by atoms with E-state index in [2.05, 4.69) is 5.48 Å². The number of carbonyl (C=O) groups excluding carboxylic acids is 2. The second-order valence-electron chi connectivity index (χ2n) is 4.88. The van der Waals surface area contributed by atoms with E-state index in [1.807, 2.05) is 26.2 Å². The largest absolute Gasteiger partial charge is 0.332 e. The van der Waals surface area contributed by atoms with Crippen LogP contribution in [0.25, 0.3) is 0 Å². The molecule has 100 valence electrons. The molecule has 0 spiro atoms. The van der Waals surface area contributed by atoms with Crippen molar-refractivity contribution in [1.29, 1.82) is 0 Å². The summed E-state index contributed by atoms with van der Waals surface area (Å²) in [4.78, 5) is 30.5. The molecule has 6 heteroatoms. The number of nitrogens with one attached hydrogen (secondary N) is 1. The highest BCUT2D eigenvalue weighted by molar-refractivity contribution is 7.12. The molecule has 0 unspecified atom stereocenters. The number of amides is 2. The monoisotopic (exact) mass is 270 g/mol. The second kappa shape index (κ2) is 5.97. The number of rotatable bonds is 4. The van der Waals surface area contributed by atoms with Crippen LogP contribution in [-0.4, -0.2) is 35.9 Å². The zero-order valence-electron chi connectivity index (χ0n) is 11.0. The Morgan fingerprint density at radius 3 is 2.61 bits per heavy atom. The second-order valence-corrected chi connectivity index (χ2v) is 5.83. The molecule has 0 aromatic carbocycles. The number of likely N-dealkylation sites (N-methyl/N-ethyl adjacent to an activating group) is 1. The Morgan fingerprint density at radius 1 is 1.44 bits per heavy atom. The Balaban J connectivity index is 2.43. The fourth-order valence-corrected chi connectivity index (χ4v) is 1.84. The van der Waals surface area contributed by atoms with Crippen molar-refractivity contribution in [3.05, 3.63) is 22.4 Å². The highest BCUT2D eigenvalue weighted by atomic mass is 32.1. The molecule has 0 saturated heterocycles. The molecule has 0 fully saturated rings. The van der Waals surface area contributed by atoms with E-state index in [0.29, 0.717) is 4.88 Å². The summed E-state index contributed by atoms with van der Waals surface area (Å²) in [5, 5.41) is 1.82. The standard InChI is InChI=1S/C12H18N2O3S/c1-12(2,3)17-13-10(15)8-14(4)11(16)9-6-5-7-18-9/h5-7H,8H2,1-4H3,(H,13,15). The van der Waals surface area contributed by atoms with Crippen LogP contribution >= 0.6 is 11.3 Å². The average molecular weight is 270 g/mol. The molecule has 2 amide bonds. The van der Waals surface area contributed by atoms with E-state index in [4.69, 9.17) is 4.84 Å². The van der Waals surface area contributed by atoms with Crippen LogP contribution in [0.2, 0.25) is 0 Å². The molecule has 0 aliphatic rings. The minimum Gasteiger partial charge on any atom is -0.332 e. The van der Waals surface area contributed by atoms with Gasteiger partial charge in [-0.3, -0.25) is 14.4 Å². The van der Waals surface area contributed by atoms with E-state index in [1.165, 1.54) is 16.2 Å². The van der Waals surface area contributed by atoms with E-state index in [0.717, 1.165) is 0 Å². The lowest BCUT2D eigenvalue weighted by Crippen LogP contribution is -2.41. The minimum absolute atomic E-state index is 0.0349. The third kappa shape index (κ3) is 4.85. The van der Waals surface area contributed by atoms with Crippen molar-refractivity contribution in [2.45, 2.75) is 26.4 Å². The SMILES string of the molecule is CN(CC(=O)NOC(C)(C)C)C(=O)c1cccs1. The molecule has 1 aromatic heterocycles. The summed E-state index contributed by atoms with van der Waals surface area (Å²) in [6.07, 6.45) is 0. The summed E-state index contributed by atoms with van der Waals surface area (Å²) in [6.45, 7) is 5.45. The molecule has 1 N–H and O–H groups in total. The minimum atomic E-state index is -0.452. The quantitative estimate of drug-likeness (QED) is 0.847. The summed E-state index contributed by atoms with van der Waals surface area (Å²) in [5.41, 5.74) is 1.87. The van der Waals surface area contributed by atoms with Crippen LogP contribution in [0.5, 0.6) is 0 Å². The molecule has 0 aliphatic heterocycles. The van der Waals surface area contributed by atoms with Gasteiger partial charge in [-0.1, -0.05) is 6.07 Å². The molecule has 0 radical (unpaired) electrons. The molecule has 1 heterocycles. The number of hydroxylamine groups is 1. The first-order chi connectivity index (χ1) is 8.29. The predicted molar refractivity (Wildman–Crippen MR) is 70.3 cm³/mol. The van der Waals surface area contributed by atoms with Crippen molar-refractivity contribution in [1.82, 2.24) is 10.4 Å². The first kappa shape index (κ1) is 14.7. The van der Waals surface area contributed by atoms with Crippen molar-refractivity contribution >= 4 is 23.2 Å². The molecule has 18 heavy (non-hydrogen) atoms. The van der Waals surface area contributed by atoms with Crippen LogP contribution in [-0.2, 0) is 9.63 Å². The third-order valence-corrected chi connectivity index (χ3v) is 2.79.